The van der Waals surface area contributed by atoms with Gasteiger partial charge in [0.05, 0.1) is 17.1 Å². The van der Waals surface area contributed by atoms with Crippen LogP contribution in [0, 0.1) is 10.1 Å². The Morgan fingerprint density at radius 1 is 1.39 bits per heavy atom. The van der Waals surface area contributed by atoms with Crippen molar-refractivity contribution in [2.24, 2.45) is 7.05 Å². The van der Waals surface area contributed by atoms with Crippen molar-refractivity contribution in [3.8, 4) is 11.4 Å². The quantitative estimate of drug-likeness (QED) is 0.670. The number of ether oxygens (including phenoxy) is 1. The summed E-state index contributed by atoms with van der Waals surface area (Å²) in [5, 5.41) is 13.9. The molecule has 23 heavy (non-hydrogen) atoms. The van der Waals surface area contributed by atoms with Crippen LogP contribution in [0.5, 0.6) is 0 Å². The molecule has 1 aliphatic heterocycles. The molecule has 1 unspecified atom stereocenters. The van der Waals surface area contributed by atoms with Gasteiger partial charge in [0.15, 0.2) is 0 Å². The SMILES string of the molecule is Cn1c(-c2ccc([N+](=O)[O-])cc2)ncc(C2CNCCO2)c1=O. The molecule has 1 saturated heterocycles. The van der Waals surface area contributed by atoms with Crippen LogP contribution in [0.2, 0.25) is 0 Å². The summed E-state index contributed by atoms with van der Waals surface area (Å²) >= 11 is 0. The molecule has 1 fully saturated rings. The number of non-ortho nitro benzene ring substituents is 1. The smallest absolute Gasteiger partial charge is 0.269 e. The van der Waals surface area contributed by atoms with Gasteiger partial charge < -0.3 is 10.1 Å². The monoisotopic (exact) mass is 316 g/mol. The Balaban J connectivity index is 1.96. The molecule has 1 aliphatic rings. The van der Waals surface area contributed by atoms with Gasteiger partial charge in [0, 0.05) is 44.0 Å². The molecule has 0 saturated carbocycles. The first-order valence-electron chi connectivity index (χ1n) is 7.21. The Labute approximate surface area is 131 Å². The summed E-state index contributed by atoms with van der Waals surface area (Å²) < 4.78 is 7.04. The zero-order chi connectivity index (χ0) is 16.4. The summed E-state index contributed by atoms with van der Waals surface area (Å²) in [5.41, 5.74) is 0.967. The summed E-state index contributed by atoms with van der Waals surface area (Å²) in [4.78, 5) is 27.1. The van der Waals surface area contributed by atoms with E-state index in [1.54, 1.807) is 19.2 Å². The molecule has 0 radical (unpaired) electrons. The number of hydrogen-bond donors (Lipinski definition) is 1. The largest absolute Gasteiger partial charge is 0.371 e. The number of nitrogens with zero attached hydrogens (tertiary/aromatic N) is 3. The molecule has 8 nitrogen and oxygen atoms in total. The van der Waals surface area contributed by atoms with E-state index in [0.717, 1.165) is 6.54 Å². The van der Waals surface area contributed by atoms with Gasteiger partial charge in [-0.25, -0.2) is 4.98 Å². The second-order valence-corrected chi connectivity index (χ2v) is 5.27. The number of benzene rings is 1. The van der Waals surface area contributed by atoms with Crippen LogP contribution in [-0.2, 0) is 11.8 Å². The third-order valence-corrected chi connectivity index (χ3v) is 3.81. The fraction of sp³-hybridized carbons (Fsp3) is 0.333. The van der Waals surface area contributed by atoms with Crippen LogP contribution in [0.15, 0.2) is 35.3 Å². The van der Waals surface area contributed by atoms with Crippen LogP contribution in [0.3, 0.4) is 0 Å². The van der Waals surface area contributed by atoms with Crippen LogP contribution in [0.1, 0.15) is 11.7 Å². The standard InChI is InChI=1S/C15H16N4O4/c1-18-14(10-2-4-11(5-3-10)19(21)22)17-8-12(15(18)20)13-9-16-6-7-23-13/h2-5,8,13,16H,6-7,9H2,1H3. The molecule has 8 heteroatoms. The molecule has 1 atom stereocenters. The predicted octanol–water partition coefficient (Wildman–Crippen LogP) is 1.02. The van der Waals surface area contributed by atoms with Gasteiger partial charge in [-0.1, -0.05) is 0 Å². The molecular formula is C15H16N4O4. The van der Waals surface area contributed by atoms with E-state index in [-0.39, 0.29) is 17.4 Å². The highest BCUT2D eigenvalue weighted by atomic mass is 16.6. The van der Waals surface area contributed by atoms with E-state index in [4.69, 9.17) is 4.74 Å². The molecule has 0 amide bonds. The lowest BCUT2D eigenvalue weighted by Gasteiger charge is -2.23. The number of nitro benzene ring substituents is 1. The molecule has 2 aromatic rings. The number of nitrogens with one attached hydrogen (secondary N) is 1. The van der Waals surface area contributed by atoms with Crippen molar-refractivity contribution in [1.82, 2.24) is 14.9 Å². The molecule has 0 aliphatic carbocycles. The maximum Gasteiger partial charge on any atom is 0.269 e. The van der Waals surface area contributed by atoms with E-state index in [0.29, 0.717) is 30.1 Å². The van der Waals surface area contributed by atoms with E-state index in [1.165, 1.54) is 22.9 Å². The zero-order valence-electron chi connectivity index (χ0n) is 12.6. The molecule has 1 N–H and O–H groups in total. The molecule has 0 spiro atoms. The third-order valence-electron chi connectivity index (χ3n) is 3.81. The van der Waals surface area contributed by atoms with Gasteiger partial charge in [0.2, 0.25) is 0 Å². The second-order valence-electron chi connectivity index (χ2n) is 5.27. The van der Waals surface area contributed by atoms with Crippen molar-refractivity contribution in [1.29, 1.82) is 0 Å². The first-order chi connectivity index (χ1) is 11.1. The minimum atomic E-state index is -0.466. The van der Waals surface area contributed by atoms with Crippen LogP contribution >= 0.6 is 0 Å². The van der Waals surface area contributed by atoms with Crippen LogP contribution in [0.4, 0.5) is 5.69 Å². The first kappa shape index (κ1) is 15.3. The molecule has 0 bridgehead atoms. The Bertz CT molecular complexity index is 779. The lowest BCUT2D eigenvalue weighted by molar-refractivity contribution is -0.384. The van der Waals surface area contributed by atoms with E-state index in [9.17, 15) is 14.9 Å². The van der Waals surface area contributed by atoms with Gasteiger partial charge >= 0.3 is 0 Å². The predicted molar refractivity (Wildman–Crippen MR) is 83.1 cm³/mol. The average Bonchev–Trinajstić information content (AvgIpc) is 2.58. The lowest BCUT2D eigenvalue weighted by Crippen LogP contribution is -2.37. The Kier molecular flexibility index (Phi) is 4.18. The van der Waals surface area contributed by atoms with E-state index >= 15 is 0 Å². The van der Waals surface area contributed by atoms with Crippen molar-refractivity contribution in [2.45, 2.75) is 6.10 Å². The summed E-state index contributed by atoms with van der Waals surface area (Å²) in [6, 6.07) is 5.95. The van der Waals surface area contributed by atoms with Gasteiger partial charge in [-0.05, 0) is 12.1 Å². The number of rotatable bonds is 3. The van der Waals surface area contributed by atoms with Crippen molar-refractivity contribution < 1.29 is 9.66 Å². The van der Waals surface area contributed by atoms with Crippen molar-refractivity contribution in [3.05, 3.63) is 56.5 Å². The Hall–Kier alpha value is -2.58. The van der Waals surface area contributed by atoms with E-state index in [1.807, 2.05) is 0 Å². The van der Waals surface area contributed by atoms with Crippen LogP contribution in [-0.4, -0.2) is 34.2 Å². The van der Waals surface area contributed by atoms with Gasteiger partial charge in [-0.2, -0.15) is 0 Å². The maximum atomic E-state index is 12.5. The van der Waals surface area contributed by atoms with Crippen molar-refractivity contribution >= 4 is 5.69 Å². The molecule has 120 valence electrons. The Morgan fingerprint density at radius 3 is 2.74 bits per heavy atom. The van der Waals surface area contributed by atoms with Crippen LogP contribution in [0.25, 0.3) is 11.4 Å². The number of nitro groups is 1. The van der Waals surface area contributed by atoms with E-state index < -0.39 is 4.92 Å². The molecule has 1 aromatic heterocycles. The minimum Gasteiger partial charge on any atom is -0.371 e. The highest BCUT2D eigenvalue weighted by Crippen LogP contribution is 2.21. The molecular weight excluding hydrogens is 300 g/mol. The summed E-state index contributed by atoms with van der Waals surface area (Å²) in [5.74, 6) is 0.456. The summed E-state index contributed by atoms with van der Waals surface area (Å²) in [6.45, 7) is 1.90. The third kappa shape index (κ3) is 2.99. The zero-order valence-corrected chi connectivity index (χ0v) is 12.6. The minimum absolute atomic E-state index is 0.00273. The molecule has 2 heterocycles. The van der Waals surface area contributed by atoms with E-state index in [2.05, 4.69) is 10.3 Å². The maximum absolute atomic E-state index is 12.5. The fourth-order valence-corrected chi connectivity index (χ4v) is 2.55. The Morgan fingerprint density at radius 2 is 2.13 bits per heavy atom. The van der Waals surface area contributed by atoms with Crippen LogP contribution < -0.4 is 10.9 Å². The number of morpholine rings is 1. The van der Waals surface area contributed by atoms with Gasteiger partial charge in [0.1, 0.15) is 11.9 Å². The van der Waals surface area contributed by atoms with Crippen molar-refractivity contribution in [2.75, 3.05) is 19.7 Å². The van der Waals surface area contributed by atoms with Gasteiger partial charge in [-0.15, -0.1) is 0 Å². The highest BCUT2D eigenvalue weighted by molar-refractivity contribution is 5.57. The summed E-state index contributed by atoms with van der Waals surface area (Å²) in [7, 11) is 1.63. The number of hydrogen-bond acceptors (Lipinski definition) is 6. The average molecular weight is 316 g/mol. The first-order valence-corrected chi connectivity index (χ1v) is 7.21. The lowest BCUT2D eigenvalue weighted by atomic mass is 10.1. The second kappa shape index (κ2) is 6.27. The topological polar surface area (TPSA) is 99.3 Å². The normalized spacial score (nSPS) is 17.9. The van der Waals surface area contributed by atoms with Gasteiger partial charge in [0.25, 0.3) is 11.2 Å². The number of aromatic nitrogens is 2. The summed E-state index contributed by atoms with van der Waals surface area (Å²) in [6.07, 6.45) is 1.22. The van der Waals surface area contributed by atoms with Crippen molar-refractivity contribution in [3.63, 3.8) is 0 Å². The molecule has 3 rings (SSSR count). The van der Waals surface area contributed by atoms with Gasteiger partial charge in [-0.3, -0.25) is 19.5 Å². The highest BCUT2D eigenvalue weighted by Gasteiger charge is 2.21. The fourth-order valence-electron chi connectivity index (χ4n) is 2.55. The molecule has 1 aromatic carbocycles.